The first-order valence-corrected chi connectivity index (χ1v) is 7.15. The Balaban J connectivity index is 2.26. The van der Waals surface area contributed by atoms with Crippen molar-refractivity contribution >= 4 is 17.0 Å². The van der Waals surface area contributed by atoms with Gasteiger partial charge in [0.05, 0.1) is 6.10 Å². The summed E-state index contributed by atoms with van der Waals surface area (Å²) in [4.78, 5) is 15.8. The van der Waals surface area contributed by atoms with E-state index in [2.05, 4.69) is 4.98 Å². The van der Waals surface area contributed by atoms with Crippen LogP contribution in [0.4, 0.5) is 14.7 Å². The molecule has 3 heterocycles. The predicted octanol–water partition coefficient (Wildman–Crippen LogP) is -1.39. The van der Waals surface area contributed by atoms with E-state index in [1.807, 2.05) is 0 Å². The first-order valence-electron chi connectivity index (χ1n) is 7.15. The molecular formula is C14H15F2N5O4. The minimum atomic E-state index is -2.81. The van der Waals surface area contributed by atoms with E-state index in [1.54, 1.807) is 5.92 Å². The Morgan fingerprint density at radius 2 is 2.24 bits per heavy atom. The lowest BCUT2D eigenvalue weighted by Gasteiger charge is -2.24. The van der Waals surface area contributed by atoms with Crippen molar-refractivity contribution in [2.24, 2.45) is 0 Å². The maximum Gasteiger partial charge on any atom is 0.285 e. The van der Waals surface area contributed by atoms with E-state index >= 15 is 4.39 Å². The highest BCUT2D eigenvalue weighted by molar-refractivity contribution is 5.77. The van der Waals surface area contributed by atoms with Gasteiger partial charge in [0.2, 0.25) is 11.6 Å². The Morgan fingerprint density at radius 1 is 1.60 bits per heavy atom. The minimum absolute atomic E-state index is 0.359. The largest absolute Gasteiger partial charge is 0.391 e. The highest BCUT2D eigenvalue weighted by Gasteiger charge is 2.59. The molecule has 0 aliphatic carbocycles. The second-order valence-corrected chi connectivity index (χ2v) is 5.78. The number of aliphatic hydroxyl groups excluding tert-OH is 2. The van der Waals surface area contributed by atoms with Crippen LogP contribution in [-0.2, 0) is 4.74 Å². The Morgan fingerprint density at radius 3 is 2.80 bits per heavy atom. The van der Waals surface area contributed by atoms with Crippen LogP contribution in [0.1, 0.15) is 13.2 Å². The summed E-state index contributed by atoms with van der Waals surface area (Å²) in [5, 5.41) is 19.2. The van der Waals surface area contributed by atoms with E-state index in [1.165, 1.54) is 6.92 Å². The van der Waals surface area contributed by atoms with E-state index in [0.29, 0.717) is 4.68 Å². The first kappa shape index (κ1) is 17.2. The zero-order chi connectivity index (χ0) is 18.7. The van der Waals surface area contributed by atoms with Crippen LogP contribution in [0.2, 0.25) is 0 Å². The smallest absolute Gasteiger partial charge is 0.285 e. The van der Waals surface area contributed by atoms with Gasteiger partial charge < -0.3 is 26.5 Å². The summed E-state index contributed by atoms with van der Waals surface area (Å²) in [5.74, 6) is 5.65. The molecule has 1 aliphatic rings. The van der Waals surface area contributed by atoms with Crippen molar-refractivity contribution in [2.75, 3.05) is 11.6 Å². The van der Waals surface area contributed by atoms with Gasteiger partial charge in [0.15, 0.2) is 17.7 Å². The van der Waals surface area contributed by atoms with E-state index in [4.69, 9.17) is 22.7 Å². The van der Waals surface area contributed by atoms with E-state index in [0.717, 1.165) is 10.8 Å². The number of terminal acetylenes is 1. The summed E-state index contributed by atoms with van der Waals surface area (Å²) < 4.78 is 36.0. The third-order valence-corrected chi connectivity index (χ3v) is 4.20. The number of hydrogen-bond acceptors (Lipinski definition) is 7. The molecule has 2 aromatic heterocycles. The van der Waals surface area contributed by atoms with Gasteiger partial charge in [0, 0.05) is 6.20 Å². The number of halogens is 2. The van der Waals surface area contributed by atoms with Gasteiger partial charge in [-0.1, -0.05) is 5.92 Å². The standard InChI is InChI=1S/C14H15F2N5O4/c1-3-14(16)9(23)8(5(2)22)25-12(14)20-4-6(15)7-10(20)19-13(17)21(18)11(7)24/h1,4-5,8-9,12,22-23H,18H2,2H3,(H2,17,19)/t5-,8+,9?,12+,14+/m0/s1. The lowest BCUT2D eigenvalue weighted by atomic mass is 9.95. The Kier molecular flexibility index (Phi) is 3.72. The summed E-state index contributed by atoms with van der Waals surface area (Å²) in [6.07, 6.45) is -0.349. The SMILES string of the molecule is C#C[C@@]1(F)C(O)[C@@H]([C@H](C)O)O[C@H]1n1cc(F)c2c(=O)n(N)c(N)nc21. The second kappa shape index (κ2) is 5.41. The molecule has 0 radical (unpaired) electrons. The first-order chi connectivity index (χ1) is 11.6. The molecule has 6 N–H and O–H groups in total. The number of rotatable bonds is 2. The van der Waals surface area contributed by atoms with Crippen LogP contribution in [0.15, 0.2) is 11.0 Å². The fraction of sp³-hybridized carbons (Fsp3) is 0.429. The van der Waals surface area contributed by atoms with Gasteiger partial charge in [-0.3, -0.25) is 9.36 Å². The van der Waals surface area contributed by atoms with Crippen LogP contribution in [-0.4, -0.2) is 48.4 Å². The number of anilines is 1. The molecule has 1 aliphatic heterocycles. The van der Waals surface area contributed by atoms with E-state index < -0.39 is 52.9 Å². The lowest BCUT2D eigenvalue weighted by Crippen LogP contribution is -2.43. The average molecular weight is 355 g/mol. The number of hydrogen-bond donors (Lipinski definition) is 4. The van der Waals surface area contributed by atoms with Gasteiger partial charge in [-0.25, -0.2) is 8.78 Å². The maximum absolute atomic E-state index is 15.2. The quantitative estimate of drug-likeness (QED) is 0.384. The number of nitrogens with two attached hydrogens (primary N) is 2. The van der Waals surface area contributed by atoms with Crippen LogP contribution in [0.5, 0.6) is 0 Å². The van der Waals surface area contributed by atoms with Crippen molar-refractivity contribution < 1.29 is 23.7 Å². The summed E-state index contributed by atoms with van der Waals surface area (Å²) in [7, 11) is 0. The fourth-order valence-corrected chi connectivity index (χ4v) is 2.87. The number of nitrogens with zero attached hydrogens (tertiary/aromatic N) is 3. The van der Waals surface area contributed by atoms with Crippen LogP contribution < -0.4 is 17.1 Å². The molecule has 9 nitrogen and oxygen atoms in total. The minimum Gasteiger partial charge on any atom is -0.391 e. The van der Waals surface area contributed by atoms with Crippen molar-refractivity contribution in [3.05, 3.63) is 22.4 Å². The van der Waals surface area contributed by atoms with Gasteiger partial charge in [0.25, 0.3) is 5.56 Å². The molecule has 3 rings (SSSR count). The molecule has 0 bridgehead atoms. The Hall–Kier alpha value is -2.68. The van der Waals surface area contributed by atoms with Crippen molar-refractivity contribution in [2.45, 2.75) is 37.1 Å². The maximum atomic E-state index is 15.2. The molecule has 11 heteroatoms. The van der Waals surface area contributed by atoms with Gasteiger partial charge in [-0.15, -0.1) is 6.42 Å². The van der Waals surface area contributed by atoms with Crippen LogP contribution in [0.25, 0.3) is 11.0 Å². The average Bonchev–Trinajstić information content (AvgIpc) is 3.01. The lowest BCUT2D eigenvalue weighted by molar-refractivity contribution is -0.0776. The highest BCUT2D eigenvalue weighted by atomic mass is 19.1. The number of fused-ring (bicyclic) bond motifs is 1. The molecule has 0 amide bonds. The van der Waals surface area contributed by atoms with Gasteiger partial charge in [-0.05, 0) is 6.92 Å². The summed E-state index contributed by atoms with van der Waals surface area (Å²) in [6, 6.07) is 0. The molecule has 5 atom stereocenters. The topological polar surface area (TPSA) is 142 Å². The van der Waals surface area contributed by atoms with Crippen LogP contribution in [0, 0.1) is 18.2 Å². The summed E-state index contributed by atoms with van der Waals surface area (Å²) in [6.45, 7) is 1.27. The molecule has 2 aromatic rings. The van der Waals surface area contributed by atoms with Gasteiger partial charge in [0.1, 0.15) is 17.6 Å². The molecule has 25 heavy (non-hydrogen) atoms. The molecule has 134 valence electrons. The van der Waals surface area contributed by atoms with Crippen molar-refractivity contribution in [3.8, 4) is 12.3 Å². The van der Waals surface area contributed by atoms with Crippen LogP contribution >= 0.6 is 0 Å². The van der Waals surface area contributed by atoms with Crippen molar-refractivity contribution in [1.82, 2.24) is 14.2 Å². The zero-order valence-electron chi connectivity index (χ0n) is 12.9. The summed E-state index contributed by atoms with van der Waals surface area (Å²) >= 11 is 0. The zero-order valence-corrected chi connectivity index (χ0v) is 12.9. The van der Waals surface area contributed by atoms with Gasteiger partial charge in [-0.2, -0.15) is 9.66 Å². The molecule has 1 saturated heterocycles. The Bertz CT molecular complexity index is 949. The normalized spacial score (nSPS) is 30.5. The number of nitrogen functional groups attached to an aromatic ring is 2. The third kappa shape index (κ3) is 2.19. The van der Waals surface area contributed by atoms with E-state index in [9.17, 15) is 19.4 Å². The summed E-state index contributed by atoms with van der Waals surface area (Å²) in [5.41, 5.74) is 1.33. The third-order valence-electron chi connectivity index (χ3n) is 4.20. The molecule has 1 fully saturated rings. The number of aliphatic hydroxyl groups is 2. The number of aromatic nitrogens is 3. The molecule has 0 aromatic carbocycles. The monoisotopic (exact) mass is 355 g/mol. The molecule has 1 unspecified atom stereocenters. The molecule has 0 saturated carbocycles. The fourth-order valence-electron chi connectivity index (χ4n) is 2.87. The second-order valence-electron chi connectivity index (χ2n) is 5.78. The van der Waals surface area contributed by atoms with Crippen molar-refractivity contribution in [3.63, 3.8) is 0 Å². The number of ether oxygens (including phenoxy) is 1. The molecular weight excluding hydrogens is 340 g/mol. The highest BCUT2D eigenvalue weighted by Crippen LogP contribution is 2.43. The van der Waals surface area contributed by atoms with Crippen LogP contribution in [0.3, 0.4) is 0 Å². The number of alkyl halides is 1. The predicted molar refractivity (Wildman–Crippen MR) is 82.8 cm³/mol. The van der Waals surface area contributed by atoms with Gasteiger partial charge >= 0.3 is 0 Å². The molecule has 0 spiro atoms. The van der Waals surface area contributed by atoms with E-state index in [-0.39, 0.29) is 5.65 Å². The van der Waals surface area contributed by atoms with Crippen molar-refractivity contribution in [1.29, 1.82) is 0 Å². The Labute approximate surface area is 139 Å².